The van der Waals surface area contributed by atoms with E-state index in [2.05, 4.69) is 29.4 Å². The van der Waals surface area contributed by atoms with Crippen molar-refractivity contribution in [3.8, 4) is 0 Å². The Bertz CT molecular complexity index is 776. The second-order valence-electron chi connectivity index (χ2n) is 6.01. The molecule has 2 aromatic rings. The number of carbonyl (C=O) groups excluding carboxylic acids is 1. The van der Waals surface area contributed by atoms with Gasteiger partial charge in [-0.3, -0.25) is 4.79 Å². The van der Waals surface area contributed by atoms with Gasteiger partial charge >= 0.3 is 6.18 Å². The fourth-order valence-corrected chi connectivity index (χ4v) is 3.19. The van der Waals surface area contributed by atoms with Gasteiger partial charge in [-0.25, -0.2) is 0 Å². The number of amides is 1. The summed E-state index contributed by atoms with van der Waals surface area (Å²) >= 11 is 0.932. The second-order valence-corrected chi connectivity index (χ2v) is 7.32. The normalized spacial score (nSPS) is 14.1. The molecule has 0 saturated carbocycles. The van der Waals surface area contributed by atoms with Crippen molar-refractivity contribution >= 4 is 23.4 Å². The first-order valence-corrected chi connectivity index (χ1v) is 9.06. The highest BCUT2D eigenvalue weighted by Gasteiger charge is 2.38. The molecule has 26 heavy (non-hydrogen) atoms. The Morgan fingerprint density at radius 1 is 1.27 bits per heavy atom. The van der Waals surface area contributed by atoms with Gasteiger partial charge in [-0.1, -0.05) is 43.8 Å². The fraction of sp³-hybridized carbons (Fsp3) is 0.471. The first-order chi connectivity index (χ1) is 12.1. The van der Waals surface area contributed by atoms with E-state index in [0.717, 1.165) is 28.3 Å². The van der Waals surface area contributed by atoms with Gasteiger partial charge in [0.25, 0.3) is 0 Å². The molecular weight excluding hydrogens is 365 g/mol. The van der Waals surface area contributed by atoms with Crippen LogP contribution in [0, 0.1) is 0 Å². The third-order valence-corrected chi connectivity index (χ3v) is 5.24. The molecule has 2 rings (SSSR count). The van der Waals surface area contributed by atoms with E-state index in [1.165, 1.54) is 7.05 Å². The molecule has 0 aliphatic rings. The molecule has 0 radical (unpaired) electrons. The number of aromatic nitrogens is 3. The Hall–Kier alpha value is -2.03. The summed E-state index contributed by atoms with van der Waals surface area (Å²) in [5.41, 5.74) is 1.74. The largest absolute Gasteiger partial charge is 0.451 e. The standard InChI is InChI=1S/C17H21F3N4OS/c1-5-10(2)12-8-6-7-9-13(12)21-14(25)11(3)26-16-23-22-15(24(16)4)17(18,19)20/h6-11H,5H2,1-4H3,(H,21,25)/t10-,11-/m0/s1. The molecule has 0 spiro atoms. The van der Waals surface area contributed by atoms with Crippen LogP contribution in [-0.4, -0.2) is 25.9 Å². The van der Waals surface area contributed by atoms with Crippen molar-refractivity contribution in [3.63, 3.8) is 0 Å². The van der Waals surface area contributed by atoms with E-state index in [1.54, 1.807) is 6.92 Å². The number of benzene rings is 1. The van der Waals surface area contributed by atoms with E-state index in [9.17, 15) is 18.0 Å². The van der Waals surface area contributed by atoms with Gasteiger partial charge in [0.15, 0.2) is 5.16 Å². The maximum absolute atomic E-state index is 12.8. The van der Waals surface area contributed by atoms with Crippen molar-refractivity contribution in [2.45, 2.75) is 49.7 Å². The Kier molecular flexibility index (Phi) is 6.33. The van der Waals surface area contributed by atoms with E-state index in [0.29, 0.717) is 5.69 Å². The van der Waals surface area contributed by atoms with Crippen LogP contribution in [0.3, 0.4) is 0 Å². The molecule has 0 saturated heterocycles. The maximum atomic E-state index is 12.8. The van der Waals surface area contributed by atoms with Gasteiger partial charge in [-0.2, -0.15) is 13.2 Å². The molecule has 1 heterocycles. The molecule has 1 aromatic heterocycles. The van der Waals surface area contributed by atoms with Crippen molar-refractivity contribution in [2.75, 3.05) is 5.32 Å². The van der Waals surface area contributed by atoms with E-state index < -0.39 is 17.3 Å². The molecule has 0 unspecified atom stereocenters. The van der Waals surface area contributed by atoms with Crippen LogP contribution in [0.2, 0.25) is 0 Å². The van der Waals surface area contributed by atoms with Gasteiger partial charge in [0.2, 0.25) is 11.7 Å². The topological polar surface area (TPSA) is 59.8 Å². The maximum Gasteiger partial charge on any atom is 0.451 e. The summed E-state index contributed by atoms with van der Waals surface area (Å²) in [6, 6.07) is 7.52. The Morgan fingerprint density at radius 3 is 2.50 bits per heavy atom. The predicted octanol–water partition coefficient (Wildman–Crippen LogP) is 4.47. The third kappa shape index (κ3) is 4.57. The quantitative estimate of drug-likeness (QED) is 0.745. The molecule has 0 aliphatic heterocycles. The van der Waals surface area contributed by atoms with Crippen LogP contribution in [-0.2, 0) is 18.0 Å². The minimum atomic E-state index is -4.58. The van der Waals surface area contributed by atoms with Crippen LogP contribution in [0.1, 0.15) is 44.5 Å². The van der Waals surface area contributed by atoms with Crippen molar-refractivity contribution in [1.29, 1.82) is 0 Å². The van der Waals surface area contributed by atoms with Gasteiger partial charge in [0.05, 0.1) is 5.25 Å². The van der Waals surface area contributed by atoms with Crippen LogP contribution in [0.4, 0.5) is 18.9 Å². The first kappa shape index (κ1) is 20.3. The van der Waals surface area contributed by atoms with E-state index in [4.69, 9.17) is 0 Å². The lowest BCUT2D eigenvalue weighted by molar-refractivity contribution is -0.147. The number of halogens is 3. The van der Waals surface area contributed by atoms with E-state index >= 15 is 0 Å². The fourth-order valence-electron chi connectivity index (χ4n) is 2.37. The number of thioether (sulfide) groups is 1. The average Bonchev–Trinajstić information content (AvgIpc) is 2.95. The van der Waals surface area contributed by atoms with E-state index in [-0.39, 0.29) is 17.0 Å². The summed E-state index contributed by atoms with van der Waals surface area (Å²) < 4.78 is 39.2. The van der Waals surface area contributed by atoms with Crippen LogP contribution >= 0.6 is 11.8 Å². The zero-order valence-electron chi connectivity index (χ0n) is 15.0. The number of carbonyl (C=O) groups is 1. The number of hydrogen-bond donors (Lipinski definition) is 1. The first-order valence-electron chi connectivity index (χ1n) is 8.18. The van der Waals surface area contributed by atoms with Crippen LogP contribution < -0.4 is 5.32 Å². The minimum absolute atomic E-state index is 0.0372. The van der Waals surface area contributed by atoms with Crippen LogP contribution in [0.25, 0.3) is 0 Å². The zero-order valence-corrected chi connectivity index (χ0v) is 15.8. The smallest absolute Gasteiger partial charge is 0.325 e. The highest BCUT2D eigenvalue weighted by Crippen LogP contribution is 2.31. The van der Waals surface area contributed by atoms with Gasteiger partial charge in [-0.05, 0) is 30.9 Å². The lowest BCUT2D eigenvalue weighted by Gasteiger charge is -2.17. The lowest BCUT2D eigenvalue weighted by atomic mass is 9.97. The number of nitrogens with one attached hydrogen (secondary N) is 1. The zero-order chi connectivity index (χ0) is 19.5. The molecule has 1 amide bonds. The number of hydrogen-bond acceptors (Lipinski definition) is 4. The molecule has 5 nitrogen and oxygen atoms in total. The SMILES string of the molecule is CC[C@H](C)c1ccccc1NC(=O)[C@H](C)Sc1nnc(C(F)(F)F)n1C. The molecule has 1 N–H and O–H groups in total. The lowest BCUT2D eigenvalue weighted by Crippen LogP contribution is -2.24. The van der Waals surface area contributed by atoms with E-state index in [1.807, 2.05) is 24.3 Å². The molecule has 0 aliphatic carbocycles. The molecular formula is C17H21F3N4OS. The monoisotopic (exact) mass is 386 g/mol. The van der Waals surface area contributed by atoms with Crippen molar-refractivity contribution in [1.82, 2.24) is 14.8 Å². The summed E-state index contributed by atoms with van der Waals surface area (Å²) in [6.07, 6.45) is -3.66. The Balaban J connectivity index is 2.11. The molecule has 0 bridgehead atoms. The highest BCUT2D eigenvalue weighted by molar-refractivity contribution is 8.00. The van der Waals surface area contributed by atoms with Crippen molar-refractivity contribution in [3.05, 3.63) is 35.7 Å². The van der Waals surface area contributed by atoms with Gasteiger partial charge in [-0.15, -0.1) is 10.2 Å². The summed E-state index contributed by atoms with van der Waals surface area (Å²) in [7, 11) is 1.23. The number of nitrogens with zero attached hydrogens (tertiary/aromatic N) is 3. The van der Waals surface area contributed by atoms with Gasteiger partial charge in [0, 0.05) is 12.7 Å². The number of rotatable bonds is 6. The molecule has 9 heteroatoms. The van der Waals surface area contributed by atoms with Crippen LogP contribution in [0.15, 0.2) is 29.4 Å². The molecule has 2 atom stereocenters. The second kappa shape index (κ2) is 8.11. The average molecular weight is 386 g/mol. The predicted molar refractivity (Wildman–Crippen MR) is 95.1 cm³/mol. The number of alkyl halides is 3. The third-order valence-electron chi connectivity index (χ3n) is 4.10. The summed E-state index contributed by atoms with van der Waals surface area (Å²) in [5.74, 6) is -1.11. The highest BCUT2D eigenvalue weighted by atomic mass is 32.2. The van der Waals surface area contributed by atoms with Gasteiger partial charge in [0.1, 0.15) is 0 Å². The Morgan fingerprint density at radius 2 is 1.92 bits per heavy atom. The summed E-state index contributed by atoms with van der Waals surface area (Å²) in [6.45, 7) is 5.75. The number of para-hydroxylation sites is 1. The number of anilines is 1. The minimum Gasteiger partial charge on any atom is -0.325 e. The molecule has 1 aromatic carbocycles. The van der Waals surface area contributed by atoms with Crippen LogP contribution in [0.5, 0.6) is 0 Å². The summed E-state index contributed by atoms with van der Waals surface area (Å²) in [4.78, 5) is 12.5. The molecule has 0 fully saturated rings. The summed E-state index contributed by atoms with van der Waals surface area (Å²) in [5, 5.41) is 8.98. The van der Waals surface area contributed by atoms with Crippen molar-refractivity contribution < 1.29 is 18.0 Å². The molecule has 142 valence electrons. The van der Waals surface area contributed by atoms with Gasteiger partial charge < -0.3 is 9.88 Å². The Labute approximate surface area is 154 Å². The van der Waals surface area contributed by atoms with Crippen molar-refractivity contribution in [2.24, 2.45) is 7.05 Å².